The van der Waals surface area contributed by atoms with Gasteiger partial charge in [0.05, 0.1) is 29.7 Å². The van der Waals surface area contributed by atoms with Gasteiger partial charge in [-0.05, 0) is 83.8 Å². The van der Waals surface area contributed by atoms with E-state index in [0.717, 1.165) is 27.5 Å². The number of ether oxygens (including phenoxy) is 2. The second-order valence-corrected chi connectivity index (χ2v) is 14.8. The molecule has 224 valence electrons. The molecule has 1 aromatic heterocycles. The number of aromatic amines is 1. The molecular weight excluding hydrogens is 639 g/mol. The van der Waals surface area contributed by atoms with E-state index in [1.807, 2.05) is 42.5 Å². The highest BCUT2D eigenvalue weighted by molar-refractivity contribution is 8.00. The van der Waals surface area contributed by atoms with Crippen LogP contribution in [0.5, 0.6) is 11.5 Å². The first-order chi connectivity index (χ1) is 21.3. The number of halogens is 2. The number of aromatic nitrogens is 1. The maximum absolute atomic E-state index is 14.0. The molecule has 4 aliphatic rings. The smallest absolute Gasteiger partial charge is 0.305 e. The van der Waals surface area contributed by atoms with Crippen molar-refractivity contribution in [3.8, 4) is 11.5 Å². The number of carbonyl (C=O) groups is 2. The molecule has 0 spiro atoms. The van der Waals surface area contributed by atoms with Crippen molar-refractivity contribution in [1.29, 1.82) is 0 Å². The van der Waals surface area contributed by atoms with Crippen LogP contribution < -0.4 is 19.2 Å². The minimum atomic E-state index is -0.381. The Morgan fingerprint density at radius 1 is 0.886 bits per heavy atom. The largest absolute Gasteiger partial charge is 0.493 e. The van der Waals surface area contributed by atoms with Crippen LogP contribution in [-0.4, -0.2) is 29.2 Å². The van der Waals surface area contributed by atoms with Crippen LogP contribution in [0.2, 0.25) is 10.0 Å². The molecule has 2 bridgehead atoms. The van der Waals surface area contributed by atoms with Crippen molar-refractivity contribution < 1.29 is 19.1 Å². The predicted octanol–water partition coefficient (Wildman–Crippen LogP) is 7.01. The van der Waals surface area contributed by atoms with Gasteiger partial charge in [-0.25, -0.2) is 0 Å². The lowest BCUT2D eigenvalue weighted by Crippen LogP contribution is -2.42. The molecule has 4 aromatic rings. The van der Waals surface area contributed by atoms with Gasteiger partial charge in [-0.2, -0.15) is 0 Å². The number of amides is 2. The first-order valence-electron chi connectivity index (χ1n) is 14.4. The summed E-state index contributed by atoms with van der Waals surface area (Å²) in [4.78, 5) is 45.7. The van der Waals surface area contributed by atoms with Crippen LogP contribution >= 0.6 is 46.3 Å². The number of nitrogens with one attached hydrogen (secondary N) is 1. The Labute approximate surface area is 271 Å². The van der Waals surface area contributed by atoms with Crippen molar-refractivity contribution in [3.05, 3.63) is 102 Å². The zero-order chi connectivity index (χ0) is 30.3. The molecule has 2 aliphatic carbocycles. The van der Waals surface area contributed by atoms with E-state index in [1.165, 1.54) is 16.2 Å². The van der Waals surface area contributed by atoms with Crippen molar-refractivity contribution in [2.75, 3.05) is 12.0 Å². The SMILES string of the molecule is COc1cc(C2c3sc(=O)[nH]c3SC3C2[C@H]2C[C@@H]3C3C(=O)N(c4ccc(Cl)cc4)C(=O)C32)ccc1OCc1ccc(Cl)cc1. The molecule has 5 unspecified atom stereocenters. The molecule has 1 saturated heterocycles. The second-order valence-electron chi connectivity index (χ2n) is 11.8. The summed E-state index contributed by atoms with van der Waals surface area (Å²) in [5.74, 6) is 0.218. The van der Waals surface area contributed by atoms with E-state index < -0.39 is 0 Å². The Morgan fingerprint density at radius 3 is 2.27 bits per heavy atom. The first kappa shape index (κ1) is 28.2. The normalized spacial score (nSPS) is 28.2. The fourth-order valence-electron chi connectivity index (χ4n) is 7.97. The lowest BCUT2D eigenvalue weighted by atomic mass is 9.68. The molecular formula is C33H26Cl2N2O5S2. The predicted molar refractivity (Wildman–Crippen MR) is 171 cm³/mol. The number of benzene rings is 3. The van der Waals surface area contributed by atoms with Crippen molar-refractivity contribution in [3.63, 3.8) is 0 Å². The molecule has 7 nitrogen and oxygen atoms in total. The molecule has 11 heteroatoms. The molecule has 2 saturated carbocycles. The lowest BCUT2D eigenvalue weighted by Gasteiger charge is -2.43. The molecule has 3 fully saturated rings. The van der Waals surface area contributed by atoms with Gasteiger partial charge >= 0.3 is 4.87 Å². The van der Waals surface area contributed by atoms with E-state index in [0.29, 0.717) is 33.8 Å². The number of anilines is 1. The molecule has 8 rings (SSSR count). The minimum Gasteiger partial charge on any atom is -0.493 e. The summed E-state index contributed by atoms with van der Waals surface area (Å²) in [6, 6.07) is 20.3. The number of rotatable bonds is 6. The van der Waals surface area contributed by atoms with E-state index in [2.05, 4.69) is 4.98 Å². The summed E-state index contributed by atoms with van der Waals surface area (Å²) in [5.41, 5.74) is 2.55. The van der Waals surface area contributed by atoms with E-state index >= 15 is 0 Å². The zero-order valence-corrected chi connectivity index (χ0v) is 26.5. The summed E-state index contributed by atoms with van der Waals surface area (Å²) < 4.78 is 11.9. The van der Waals surface area contributed by atoms with E-state index in [-0.39, 0.29) is 57.4 Å². The Morgan fingerprint density at radius 2 is 1.57 bits per heavy atom. The maximum Gasteiger partial charge on any atom is 0.305 e. The van der Waals surface area contributed by atoms with E-state index in [1.54, 1.807) is 43.1 Å². The number of hydrogen-bond acceptors (Lipinski definition) is 7. The third-order valence-electron chi connectivity index (χ3n) is 9.66. The van der Waals surface area contributed by atoms with Gasteiger partial charge in [0.25, 0.3) is 0 Å². The number of imide groups is 1. The number of fused-ring (bicyclic) bond motifs is 9. The lowest BCUT2D eigenvalue weighted by molar-refractivity contribution is -0.123. The van der Waals surface area contributed by atoms with Crippen molar-refractivity contribution in [2.24, 2.45) is 29.6 Å². The van der Waals surface area contributed by atoms with Gasteiger partial charge in [-0.3, -0.25) is 19.3 Å². The van der Waals surface area contributed by atoms with Crippen LogP contribution in [0.25, 0.3) is 0 Å². The topological polar surface area (TPSA) is 88.7 Å². The van der Waals surface area contributed by atoms with Gasteiger partial charge < -0.3 is 14.5 Å². The minimum absolute atomic E-state index is 0.0124. The molecule has 44 heavy (non-hydrogen) atoms. The second kappa shape index (κ2) is 10.7. The maximum atomic E-state index is 14.0. The summed E-state index contributed by atoms with van der Waals surface area (Å²) >= 11 is 15.0. The first-order valence-corrected chi connectivity index (χ1v) is 16.9. The van der Waals surface area contributed by atoms with Crippen LogP contribution in [-0.2, 0) is 16.2 Å². The number of thiazole rings is 1. The Bertz CT molecular complexity index is 1860. The average molecular weight is 666 g/mol. The molecule has 3 heterocycles. The van der Waals surface area contributed by atoms with Gasteiger partial charge in [0.2, 0.25) is 11.8 Å². The third-order valence-corrected chi connectivity index (χ3v) is 12.8. The van der Waals surface area contributed by atoms with Gasteiger partial charge in [0.1, 0.15) is 6.61 Å². The summed E-state index contributed by atoms with van der Waals surface area (Å²) in [7, 11) is 1.62. The van der Waals surface area contributed by atoms with Crippen molar-refractivity contribution >= 4 is 63.8 Å². The Hall–Kier alpha value is -3.24. The van der Waals surface area contributed by atoms with E-state index in [9.17, 15) is 14.4 Å². The van der Waals surface area contributed by atoms with Gasteiger partial charge in [-0.15, -0.1) is 11.8 Å². The number of H-pyrrole nitrogens is 1. The highest BCUT2D eigenvalue weighted by Crippen LogP contribution is 2.68. The highest BCUT2D eigenvalue weighted by atomic mass is 35.5. The van der Waals surface area contributed by atoms with Crippen LogP contribution in [0.15, 0.2) is 76.6 Å². The highest BCUT2D eigenvalue weighted by Gasteiger charge is 2.69. The third kappa shape index (κ3) is 4.35. The van der Waals surface area contributed by atoms with Crippen LogP contribution in [0.1, 0.15) is 28.3 Å². The van der Waals surface area contributed by atoms with Gasteiger partial charge in [0, 0.05) is 26.1 Å². The molecule has 0 radical (unpaired) electrons. The fourth-order valence-corrected chi connectivity index (χ4v) is 11.1. The average Bonchev–Trinajstić information content (AvgIpc) is 3.76. The fraction of sp³-hybridized carbons (Fsp3) is 0.303. The van der Waals surface area contributed by atoms with Crippen molar-refractivity contribution in [2.45, 2.75) is 29.2 Å². The molecule has 1 N–H and O–H groups in total. The van der Waals surface area contributed by atoms with Crippen LogP contribution in [0.4, 0.5) is 5.69 Å². The number of carbonyl (C=O) groups excluding carboxylic acids is 2. The number of nitrogens with zero attached hydrogens (tertiary/aromatic N) is 1. The quantitative estimate of drug-likeness (QED) is 0.223. The van der Waals surface area contributed by atoms with Gasteiger partial charge in [0.15, 0.2) is 11.5 Å². The van der Waals surface area contributed by atoms with Crippen LogP contribution in [0.3, 0.4) is 0 Å². The number of methoxy groups -OCH3 is 1. The number of hydrogen-bond donors (Lipinski definition) is 1. The number of thioether (sulfide) groups is 1. The Balaban J connectivity index is 1.14. The standard InChI is InChI=1S/C33H26Cl2N2O5S2/c1-41-23-12-16(4-11-22(23)42-14-15-2-5-17(34)6-3-15)24-25-20-13-21(28(25)43-30-29(24)44-33(40)36-30)27-26(20)31(38)37(32(27)39)19-9-7-18(35)8-10-19/h2-12,20-21,24-28H,13-14H2,1H3,(H,36,40)/t20-,21-,24?,25?,26?,27?,28?/m1/s1. The summed E-state index contributed by atoms with van der Waals surface area (Å²) in [6.07, 6.45) is 0.818. The van der Waals surface area contributed by atoms with Crippen molar-refractivity contribution in [1.82, 2.24) is 4.98 Å². The van der Waals surface area contributed by atoms with Crippen LogP contribution in [0, 0.1) is 29.6 Å². The summed E-state index contributed by atoms with van der Waals surface area (Å²) in [5, 5.41) is 2.18. The van der Waals surface area contributed by atoms with Gasteiger partial charge in [-0.1, -0.05) is 52.7 Å². The van der Waals surface area contributed by atoms with E-state index in [4.69, 9.17) is 32.7 Å². The Kier molecular flexibility index (Phi) is 6.86. The molecule has 2 aliphatic heterocycles. The monoisotopic (exact) mass is 664 g/mol. The zero-order valence-electron chi connectivity index (χ0n) is 23.4. The summed E-state index contributed by atoms with van der Waals surface area (Å²) in [6.45, 7) is 0.355. The molecule has 3 aromatic carbocycles. The molecule has 2 amide bonds. The molecule has 7 atom stereocenters.